The number of aromatic nitrogens is 3. The van der Waals surface area contributed by atoms with E-state index in [-0.39, 0.29) is 24.6 Å². The molecule has 1 amide bonds. The average molecular weight is 386 g/mol. The summed E-state index contributed by atoms with van der Waals surface area (Å²) in [5.74, 6) is 2.98. The molecule has 2 heterocycles. The molecule has 0 spiro atoms. The van der Waals surface area contributed by atoms with Gasteiger partial charge in [-0.25, -0.2) is 0 Å². The Kier molecular flexibility index (Phi) is 5.21. The van der Waals surface area contributed by atoms with Gasteiger partial charge < -0.3 is 23.7 Å². The molecule has 150 valence electrons. The molecule has 8 heteroatoms. The van der Waals surface area contributed by atoms with Crippen molar-refractivity contribution in [1.29, 1.82) is 0 Å². The van der Waals surface area contributed by atoms with Crippen molar-refractivity contribution in [3.63, 3.8) is 0 Å². The van der Waals surface area contributed by atoms with Crippen molar-refractivity contribution in [2.24, 2.45) is 0 Å². The number of nitrogens with zero attached hydrogens (tertiary/aromatic N) is 4. The van der Waals surface area contributed by atoms with Gasteiger partial charge in [0.15, 0.2) is 23.1 Å². The van der Waals surface area contributed by atoms with Crippen molar-refractivity contribution in [2.45, 2.75) is 44.3 Å². The normalized spacial score (nSPS) is 21.0. The number of hydrogen-bond acceptors (Lipinski definition) is 6. The summed E-state index contributed by atoms with van der Waals surface area (Å²) in [4.78, 5) is 14.5. The molecular formula is C20H26N4O4. The number of amides is 1. The summed E-state index contributed by atoms with van der Waals surface area (Å²) in [6.45, 7) is 0.559. The van der Waals surface area contributed by atoms with Crippen LogP contribution in [0.1, 0.15) is 37.5 Å². The van der Waals surface area contributed by atoms with Gasteiger partial charge in [0.2, 0.25) is 5.91 Å². The second-order valence-electron chi connectivity index (χ2n) is 7.25. The third-order valence-electron chi connectivity index (χ3n) is 5.73. The van der Waals surface area contributed by atoms with Crippen molar-refractivity contribution in [1.82, 2.24) is 19.7 Å². The zero-order valence-electron chi connectivity index (χ0n) is 16.6. The van der Waals surface area contributed by atoms with E-state index in [0.29, 0.717) is 18.0 Å². The lowest BCUT2D eigenvalue weighted by molar-refractivity contribution is -0.141. The first-order valence-electron chi connectivity index (χ1n) is 9.62. The highest BCUT2D eigenvalue weighted by atomic mass is 16.5. The minimum Gasteiger partial charge on any atom is -0.493 e. The predicted molar refractivity (Wildman–Crippen MR) is 102 cm³/mol. The average Bonchev–Trinajstić information content (AvgIpc) is 3.17. The van der Waals surface area contributed by atoms with Crippen LogP contribution < -0.4 is 9.47 Å². The van der Waals surface area contributed by atoms with E-state index < -0.39 is 0 Å². The number of rotatable bonds is 5. The van der Waals surface area contributed by atoms with Crippen molar-refractivity contribution in [2.75, 3.05) is 27.9 Å². The Bertz CT molecular complexity index is 866. The van der Waals surface area contributed by atoms with E-state index in [1.165, 1.54) is 0 Å². The van der Waals surface area contributed by atoms with Crippen molar-refractivity contribution in [3.8, 4) is 22.9 Å². The van der Waals surface area contributed by atoms with Gasteiger partial charge in [-0.2, -0.15) is 0 Å². The molecule has 1 fully saturated rings. The van der Waals surface area contributed by atoms with Gasteiger partial charge in [0, 0.05) is 12.7 Å². The van der Waals surface area contributed by atoms with Gasteiger partial charge in [0.05, 0.1) is 32.8 Å². The lowest BCUT2D eigenvalue weighted by Gasteiger charge is -2.44. The van der Waals surface area contributed by atoms with Gasteiger partial charge in [-0.3, -0.25) is 4.79 Å². The number of benzene rings is 1. The number of methoxy groups -OCH3 is 3. The maximum absolute atomic E-state index is 12.6. The number of carbonyl (C=O) groups is 1. The highest BCUT2D eigenvalue weighted by Gasteiger charge is 2.41. The third-order valence-corrected chi connectivity index (χ3v) is 5.73. The summed E-state index contributed by atoms with van der Waals surface area (Å²) in [5.41, 5.74) is 0.928. The van der Waals surface area contributed by atoms with Crippen LogP contribution >= 0.6 is 0 Å². The highest BCUT2D eigenvalue weighted by molar-refractivity contribution is 5.78. The molecule has 0 bridgehead atoms. The quantitative estimate of drug-likeness (QED) is 0.785. The van der Waals surface area contributed by atoms with Gasteiger partial charge in [-0.05, 0) is 31.0 Å². The monoisotopic (exact) mass is 386 g/mol. The first kappa shape index (κ1) is 18.7. The fraction of sp³-hybridized carbons (Fsp3) is 0.550. The Labute approximate surface area is 164 Å². The minimum absolute atomic E-state index is 0.0151. The lowest BCUT2D eigenvalue weighted by Crippen LogP contribution is -2.51. The zero-order chi connectivity index (χ0) is 19.7. The topological polar surface area (TPSA) is 78.7 Å². The number of fused-ring (bicyclic) bond motifs is 3. The summed E-state index contributed by atoms with van der Waals surface area (Å²) in [7, 11) is 4.80. The Morgan fingerprint density at radius 2 is 1.82 bits per heavy atom. The maximum Gasteiger partial charge on any atom is 0.249 e. The lowest BCUT2D eigenvalue weighted by atomic mass is 9.87. The summed E-state index contributed by atoms with van der Waals surface area (Å²) < 4.78 is 18.1. The van der Waals surface area contributed by atoms with Crippen LogP contribution in [0.3, 0.4) is 0 Å². The molecule has 0 unspecified atom stereocenters. The molecule has 8 nitrogen and oxygen atoms in total. The number of hydrogen-bond donors (Lipinski definition) is 0. The van der Waals surface area contributed by atoms with E-state index in [0.717, 1.165) is 42.9 Å². The van der Waals surface area contributed by atoms with Gasteiger partial charge in [-0.15, -0.1) is 10.2 Å². The smallest absolute Gasteiger partial charge is 0.249 e. The molecule has 0 saturated heterocycles. The Morgan fingerprint density at radius 1 is 1.07 bits per heavy atom. The molecule has 1 aromatic carbocycles. The summed E-state index contributed by atoms with van der Waals surface area (Å²) in [5, 5.41) is 8.90. The van der Waals surface area contributed by atoms with E-state index in [9.17, 15) is 4.79 Å². The predicted octanol–water partition coefficient (Wildman–Crippen LogP) is 2.43. The third kappa shape index (κ3) is 3.11. The second-order valence-corrected chi connectivity index (χ2v) is 7.25. The molecule has 1 aromatic heterocycles. The molecule has 1 aliphatic heterocycles. The standard InChI is InChI=1S/C20H26N4O4/c1-26-12-19(25)23-11-18-21-22-20(24(18)15-7-5-4-6-14(15)23)13-8-9-16(27-2)17(10-13)28-3/h8-10,14-15H,4-7,11-12H2,1-3H3/t14-,15+/m1/s1. The van der Waals surface area contributed by atoms with Crippen LogP contribution in [0.4, 0.5) is 0 Å². The maximum atomic E-state index is 12.6. The van der Waals surface area contributed by atoms with Crippen LogP contribution in [0, 0.1) is 0 Å². The molecule has 2 aromatic rings. The molecule has 0 radical (unpaired) electrons. The van der Waals surface area contributed by atoms with Gasteiger partial charge in [-0.1, -0.05) is 12.8 Å². The molecule has 2 aliphatic rings. The fourth-order valence-electron chi connectivity index (χ4n) is 4.46. The number of ether oxygens (including phenoxy) is 3. The Morgan fingerprint density at radius 3 is 2.54 bits per heavy atom. The summed E-state index contributed by atoms with van der Waals surface area (Å²) in [6, 6.07) is 6.11. The van der Waals surface area contributed by atoms with Crippen LogP contribution in [-0.2, 0) is 16.1 Å². The van der Waals surface area contributed by atoms with Gasteiger partial charge in [0.25, 0.3) is 0 Å². The SMILES string of the molecule is COCC(=O)N1Cc2nnc(-c3ccc(OC)c(OC)c3)n2[C@H]2CCCC[C@H]21. The molecule has 1 saturated carbocycles. The zero-order valence-corrected chi connectivity index (χ0v) is 16.6. The second kappa shape index (κ2) is 7.79. The summed E-state index contributed by atoms with van der Waals surface area (Å²) in [6.07, 6.45) is 4.26. The van der Waals surface area contributed by atoms with Crippen LogP contribution in [0.2, 0.25) is 0 Å². The molecular weight excluding hydrogens is 360 g/mol. The first-order chi connectivity index (χ1) is 13.7. The largest absolute Gasteiger partial charge is 0.493 e. The summed E-state index contributed by atoms with van der Waals surface area (Å²) >= 11 is 0. The fourth-order valence-corrected chi connectivity index (χ4v) is 4.46. The van der Waals surface area contributed by atoms with E-state index in [2.05, 4.69) is 14.8 Å². The molecule has 0 N–H and O–H groups in total. The minimum atomic E-state index is 0.0151. The van der Waals surface area contributed by atoms with Crippen LogP contribution in [0.15, 0.2) is 18.2 Å². The van der Waals surface area contributed by atoms with Crippen molar-refractivity contribution >= 4 is 5.91 Å². The van der Waals surface area contributed by atoms with Gasteiger partial charge in [0.1, 0.15) is 6.61 Å². The Hall–Kier alpha value is -2.61. The van der Waals surface area contributed by atoms with Crippen molar-refractivity contribution in [3.05, 3.63) is 24.0 Å². The number of carbonyl (C=O) groups excluding carboxylic acids is 1. The Balaban J connectivity index is 1.75. The van der Waals surface area contributed by atoms with E-state index in [1.807, 2.05) is 23.1 Å². The van der Waals surface area contributed by atoms with Crippen molar-refractivity contribution < 1.29 is 19.0 Å². The van der Waals surface area contributed by atoms with Crippen LogP contribution in [-0.4, -0.2) is 59.5 Å². The van der Waals surface area contributed by atoms with Gasteiger partial charge >= 0.3 is 0 Å². The van der Waals surface area contributed by atoms with E-state index in [1.54, 1.807) is 21.3 Å². The molecule has 1 aliphatic carbocycles. The first-order valence-corrected chi connectivity index (χ1v) is 9.62. The van der Waals surface area contributed by atoms with E-state index >= 15 is 0 Å². The van der Waals surface area contributed by atoms with E-state index in [4.69, 9.17) is 14.2 Å². The van der Waals surface area contributed by atoms with Crippen LogP contribution in [0.5, 0.6) is 11.5 Å². The highest BCUT2D eigenvalue weighted by Crippen LogP contribution is 2.41. The van der Waals surface area contributed by atoms with Crippen LogP contribution in [0.25, 0.3) is 11.4 Å². The molecule has 2 atom stereocenters. The molecule has 4 rings (SSSR count). The molecule has 28 heavy (non-hydrogen) atoms.